The summed E-state index contributed by atoms with van der Waals surface area (Å²) in [5.74, 6) is -0.806. The van der Waals surface area contributed by atoms with Crippen molar-refractivity contribution >= 4 is 34.3 Å². The highest BCUT2D eigenvalue weighted by molar-refractivity contribution is 6.30. The number of nitrogens with zero attached hydrogens (tertiary/aromatic N) is 1. The molecule has 3 aromatic carbocycles. The van der Waals surface area contributed by atoms with E-state index in [1.807, 2.05) is 68.4 Å². The second-order valence-electron chi connectivity index (χ2n) is 7.35. The molecule has 31 heavy (non-hydrogen) atoms. The van der Waals surface area contributed by atoms with Crippen molar-refractivity contribution in [3.05, 3.63) is 100 Å². The normalized spacial score (nSPS) is 10.8. The first-order chi connectivity index (χ1) is 14.9. The number of fused-ring (bicyclic) bond motifs is 1. The Morgan fingerprint density at radius 1 is 0.935 bits per heavy atom. The van der Waals surface area contributed by atoms with E-state index in [2.05, 4.69) is 0 Å². The molecular weight excluding hydrogens is 410 g/mol. The quantitative estimate of drug-likeness (QED) is 0.279. The molecule has 0 fully saturated rings. The number of carbonyl (C=O) groups is 2. The molecule has 0 spiro atoms. The SMILES string of the molecule is Cc1ccc(C(=O)COC(=O)c2c(C)c(-c3cccc(Cl)c3)nc3ccccc23)cc1. The molecule has 4 rings (SSSR count). The first-order valence-corrected chi connectivity index (χ1v) is 10.2. The summed E-state index contributed by atoms with van der Waals surface area (Å²) in [7, 11) is 0. The standard InChI is InChI=1S/C26H20ClNO3/c1-16-10-12-18(13-11-16)23(29)15-31-26(30)24-17(2)25(19-6-5-7-20(27)14-19)28-22-9-4-3-8-21(22)24/h3-14H,15H2,1-2H3. The molecule has 0 saturated carbocycles. The van der Waals surface area contributed by atoms with Crippen LogP contribution in [0.2, 0.25) is 5.02 Å². The predicted octanol–water partition coefficient (Wildman–Crippen LogP) is 6.21. The summed E-state index contributed by atoms with van der Waals surface area (Å²) in [4.78, 5) is 30.3. The van der Waals surface area contributed by atoms with Gasteiger partial charge in [0.25, 0.3) is 0 Å². The molecule has 0 atom stereocenters. The molecule has 0 unspecified atom stereocenters. The summed E-state index contributed by atoms with van der Waals surface area (Å²) in [6, 6.07) is 21.9. The zero-order valence-electron chi connectivity index (χ0n) is 17.2. The number of pyridine rings is 1. The van der Waals surface area contributed by atoms with Gasteiger partial charge in [0.1, 0.15) is 0 Å². The van der Waals surface area contributed by atoms with Gasteiger partial charge in [-0.1, -0.05) is 71.8 Å². The van der Waals surface area contributed by atoms with Gasteiger partial charge < -0.3 is 4.74 Å². The number of benzene rings is 3. The lowest BCUT2D eigenvalue weighted by molar-refractivity contribution is 0.0476. The van der Waals surface area contributed by atoms with Gasteiger partial charge in [-0.3, -0.25) is 4.79 Å². The van der Waals surface area contributed by atoms with Crippen molar-refractivity contribution in [3.8, 4) is 11.3 Å². The maximum atomic E-state index is 13.1. The Morgan fingerprint density at radius 2 is 1.68 bits per heavy atom. The summed E-state index contributed by atoms with van der Waals surface area (Å²) >= 11 is 6.16. The molecule has 4 aromatic rings. The van der Waals surface area contributed by atoms with Gasteiger partial charge in [0.2, 0.25) is 0 Å². The van der Waals surface area contributed by atoms with Crippen LogP contribution in [0.5, 0.6) is 0 Å². The zero-order valence-corrected chi connectivity index (χ0v) is 17.9. The molecule has 0 bridgehead atoms. The van der Waals surface area contributed by atoms with E-state index in [1.165, 1.54) is 0 Å². The van der Waals surface area contributed by atoms with Gasteiger partial charge in [-0.05, 0) is 37.6 Å². The number of aromatic nitrogens is 1. The molecule has 0 aliphatic heterocycles. The van der Waals surface area contributed by atoms with Crippen LogP contribution in [0, 0.1) is 13.8 Å². The number of Topliss-reactive ketones (excluding diaryl/α,β-unsaturated/α-hetero) is 1. The van der Waals surface area contributed by atoms with Gasteiger partial charge in [0, 0.05) is 21.5 Å². The van der Waals surface area contributed by atoms with E-state index in [-0.39, 0.29) is 12.4 Å². The molecule has 0 amide bonds. The Kier molecular flexibility index (Phi) is 5.83. The van der Waals surface area contributed by atoms with Crippen molar-refractivity contribution in [1.29, 1.82) is 0 Å². The third kappa shape index (κ3) is 4.35. The number of esters is 1. The molecule has 0 saturated heterocycles. The molecule has 1 heterocycles. The van der Waals surface area contributed by atoms with E-state index in [9.17, 15) is 9.59 Å². The van der Waals surface area contributed by atoms with Crippen molar-refractivity contribution in [3.63, 3.8) is 0 Å². The van der Waals surface area contributed by atoms with Crippen LogP contribution in [0.3, 0.4) is 0 Å². The fourth-order valence-corrected chi connectivity index (χ4v) is 3.70. The van der Waals surface area contributed by atoms with Gasteiger partial charge in [-0.25, -0.2) is 9.78 Å². The summed E-state index contributed by atoms with van der Waals surface area (Å²) in [5.41, 5.74) is 4.76. The van der Waals surface area contributed by atoms with Crippen LogP contribution in [-0.2, 0) is 4.74 Å². The topological polar surface area (TPSA) is 56.3 Å². The number of ketones is 1. The number of ether oxygens (including phenoxy) is 1. The van der Waals surface area contributed by atoms with E-state index in [0.717, 1.165) is 11.1 Å². The number of hydrogen-bond acceptors (Lipinski definition) is 4. The van der Waals surface area contributed by atoms with Crippen LogP contribution >= 0.6 is 11.6 Å². The first kappa shape index (κ1) is 20.8. The highest BCUT2D eigenvalue weighted by Gasteiger charge is 2.21. The highest BCUT2D eigenvalue weighted by atomic mass is 35.5. The van der Waals surface area contributed by atoms with E-state index in [4.69, 9.17) is 21.3 Å². The van der Waals surface area contributed by atoms with Crippen LogP contribution < -0.4 is 0 Å². The van der Waals surface area contributed by atoms with Crippen molar-refractivity contribution in [2.75, 3.05) is 6.61 Å². The van der Waals surface area contributed by atoms with Crippen molar-refractivity contribution in [2.45, 2.75) is 13.8 Å². The lowest BCUT2D eigenvalue weighted by atomic mass is 9.98. The average Bonchev–Trinajstić information content (AvgIpc) is 2.77. The van der Waals surface area contributed by atoms with Crippen LogP contribution in [0.1, 0.15) is 31.8 Å². The largest absolute Gasteiger partial charge is 0.454 e. The van der Waals surface area contributed by atoms with Gasteiger partial charge in [0.05, 0.1) is 16.8 Å². The monoisotopic (exact) mass is 429 g/mol. The lowest BCUT2D eigenvalue weighted by Gasteiger charge is -2.14. The second-order valence-corrected chi connectivity index (χ2v) is 7.79. The Balaban J connectivity index is 1.70. The van der Waals surface area contributed by atoms with Crippen LogP contribution in [0.4, 0.5) is 0 Å². The summed E-state index contributed by atoms with van der Waals surface area (Å²) in [6.07, 6.45) is 0. The Bertz CT molecular complexity index is 1300. The molecule has 0 N–H and O–H groups in total. The minimum absolute atomic E-state index is 0.251. The van der Waals surface area contributed by atoms with E-state index < -0.39 is 5.97 Å². The Labute approximate surface area is 185 Å². The minimum atomic E-state index is -0.556. The molecule has 0 aliphatic carbocycles. The molecule has 0 aliphatic rings. The van der Waals surface area contributed by atoms with Crippen molar-refractivity contribution in [1.82, 2.24) is 4.98 Å². The summed E-state index contributed by atoms with van der Waals surface area (Å²) in [6.45, 7) is 3.45. The highest BCUT2D eigenvalue weighted by Crippen LogP contribution is 2.31. The molecule has 4 nitrogen and oxygen atoms in total. The van der Waals surface area contributed by atoms with E-state index >= 15 is 0 Å². The minimum Gasteiger partial charge on any atom is -0.454 e. The summed E-state index contributed by atoms with van der Waals surface area (Å²) < 4.78 is 5.44. The number of rotatable bonds is 5. The zero-order chi connectivity index (χ0) is 22.0. The Hall–Kier alpha value is -3.50. The molecule has 5 heteroatoms. The smallest absolute Gasteiger partial charge is 0.339 e. The van der Waals surface area contributed by atoms with E-state index in [1.54, 1.807) is 18.2 Å². The number of hydrogen-bond donors (Lipinski definition) is 0. The fourth-order valence-electron chi connectivity index (χ4n) is 3.51. The fraction of sp³-hybridized carbons (Fsp3) is 0.115. The van der Waals surface area contributed by atoms with Gasteiger partial charge in [0.15, 0.2) is 12.4 Å². The summed E-state index contributed by atoms with van der Waals surface area (Å²) in [5, 5.41) is 1.26. The number of halogens is 1. The van der Waals surface area contributed by atoms with Crippen LogP contribution in [0.25, 0.3) is 22.2 Å². The van der Waals surface area contributed by atoms with Crippen molar-refractivity contribution in [2.24, 2.45) is 0 Å². The molecular formula is C26H20ClNO3. The number of carbonyl (C=O) groups excluding carboxylic acids is 2. The van der Waals surface area contributed by atoms with Gasteiger partial charge in [-0.15, -0.1) is 0 Å². The van der Waals surface area contributed by atoms with Crippen LogP contribution in [0.15, 0.2) is 72.8 Å². The average molecular weight is 430 g/mol. The van der Waals surface area contributed by atoms with E-state index in [0.29, 0.717) is 38.3 Å². The first-order valence-electron chi connectivity index (χ1n) is 9.86. The maximum Gasteiger partial charge on any atom is 0.339 e. The van der Waals surface area contributed by atoms with Gasteiger partial charge in [-0.2, -0.15) is 0 Å². The third-order valence-corrected chi connectivity index (χ3v) is 5.38. The Morgan fingerprint density at radius 3 is 2.42 bits per heavy atom. The van der Waals surface area contributed by atoms with Gasteiger partial charge >= 0.3 is 5.97 Å². The van der Waals surface area contributed by atoms with Crippen LogP contribution in [-0.4, -0.2) is 23.3 Å². The maximum absolute atomic E-state index is 13.1. The third-order valence-electron chi connectivity index (χ3n) is 5.15. The lowest BCUT2D eigenvalue weighted by Crippen LogP contribution is -2.16. The number of aryl methyl sites for hydroxylation is 1. The molecule has 154 valence electrons. The molecule has 1 aromatic heterocycles. The number of para-hydroxylation sites is 1. The van der Waals surface area contributed by atoms with Crippen molar-refractivity contribution < 1.29 is 14.3 Å². The predicted molar refractivity (Wildman–Crippen MR) is 123 cm³/mol. The molecule has 0 radical (unpaired) electrons. The second kappa shape index (κ2) is 8.70.